The van der Waals surface area contributed by atoms with Crippen molar-refractivity contribution in [3.8, 4) is 0 Å². The van der Waals surface area contributed by atoms with Crippen molar-refractivity contribution in [3.05, 3.63) is 0 Å². The van der Waals surface area contributed by atoms with E-state index in [1.165, 1.54) is 0 Å². The van der Waals surface area contributed by atoms with Gasteiger partial charge in [-0.05, 0) is 12.6 Å². The van der Waals surface area contributed by atoms with E-state index >= 15 is 0 Å². The van der Waals surface area contributed by atoms with Crippen LogP contribution in [0.4, 0.5) is 0 Å². The maximum Gasteiger partial charge on any atom is 0.297 e. The Hall–Kier alpha value is 0.205. The predicted octanol–water partition coefficient (Wildman–Crippen LogP) is -2.54. The normalized spacial score (nSPS) is 9.62. The van der Waals surface area contributed by atoms with E-state index in [-0.39, 0.29) is 6.92 Å². The van der Waals surface area contributed by atoms with Crippen molar-refractivity contribution in [2.45, 2.75) is 12.6 Å². The number of hydrogen-bond acceptors (Lipinski definition) is 3. The molecule has 0 amide bonds. The maximum absolute atomic E-state index is 5.28. The highest BCUT2D eigenvalue weighted by molar-refractivity contribution is 6.85. The van der Waals surface area contributed by atoms with Gasteiger partial charge in [0, 0.05) is 20.3 Å². The Labute approximate surface area is 84.7 Å². The van der Waals surface area contributed by atoms with Crippen molar-refractivity contribution in [3.63, 3.8) is 0 Å². The number of hydrogen-bond donors (Lipinski definition) is 0. The van der Waals surface area contributed by atoms with E-state index in [9.17, 15) is 0 Å². The molecule has 0 saturated carbocycles. The van der Waals surface area contributed by atoms with Gasteiger partial charge in [0.2, 0.25) is 14.7 Å². The van der Waals surface area contributed by atoms with Crippen molar-refractivity contribution in [2.24, 2.45) is 0 Å². The molecule has 0 heterocycles. The summed E-state index contributed by atoms with van der Waals surface area (Å²) in [7, 11) is 7.30. The smallest absolute Gasteiger partial charge is 0.297 e. The van der Waals surface area contributed by atoms with E-state index in [2.05, 4.69) is 0 Å². The molecule has 0 aromatic heterocycles. The molecule has 0 aliphatic carbocycles. The second-order valence-electron chi connectivity index (χ2n) is 2.83. The highest BCUT2D eigenvalue weighted by Gasteiger charge is 2.12. The Morgan fingerprint density at radius 3 is 1.85 bits per heavy atom. The van der Waals surface area contributed by atoms with Crippen LogP contribution in [0.15, 0.2) is 0 Å². The summed E-state index contributed by atoms with van der Waals surface area (Å²) < 4.78 is 15.8. The first-order valence-corrected chi connectivity index (χ1v) is 5.03. The van der Waals surface area contributed by atoms with Crippen LogP contribution in [0.2, 0.25) is 12.6 Å². The van der Waals surface area contributed by atoms with E-state index in [0.29, 0.717) is 0 Å². The summed E-state index contributed by atoms with van der Waals surface area (Å²) in [5.41, 5.74) is 0. The Morgan fingerprint density at radius 1 is 1.08 bits per heavy atom. The van der Waals surface area contributed by atoms with Crippen LogP contribution in [0, 0.1) is 0 Å². The van der Waals surface area contributed by atoms with Crippen LogP contribution in [-0.4, -0.2) is 57.5 Å². The van der Waals surface area contributed by atoms with Gasteiger partial charge in [0.05, 0.1) is 0 Å². The molecule has 0 rings (SSSR count). The summed E-state index contributed by atoms with van der Waals surface area (Å²) in [6.45, 7) is 1.83. The van der Waals surface area contributed by atoms with Crippen molar-refractivity contribution in [1.82, 2.24) is 0 Å². The van der Waals surface area contributed by atoms with E-state index in [1.54, 1.807) is 7.11 Å². The largest absolute Gasteiger partial charge is 0.450 e. The van der Waals surface area contributed by atoms with Gasteiger partial charge in [-0.2, -0.15) is 0 Å². The van der Waals surface area contributed by atoms with Gasteiger partial charge in [-0.15, -0.1) is 0 Å². The van der Waals surface area contributed by atoms with Gasteiger partial charge in [-0.1, -0.05) is 0 Å². The van der Waals surface area contributed by atoms with Crippen molar-refractivity contribution in [2.75, 3.05) is 20.3 Å². The Morgan fingerprint density at radius 2 is 1.54 bits per heavy atom. The Balaban J connectivity index is 3.28. The lowest BCUT2D eigenvalue weighted by Gasteiger charge is -2.11. The predicted molar refractivity (Wildman–Crippen MR) is 65.7 cm³/mol. The van der Waals surface area contributed by atoms with Gasteiger partial charge >= 0.3 is 0 Å². The Bertz CT molecular complexity index is 96.2. The minimum Gasteiger partial charge on any atom is -0.450 e. The summed E-state index contributed by atoms with van der Waals surface area (Å²) >= 11 is 0. The minimum atomic E-state index is 0.276. The van der Waals surface area contributed by atoms with Crippen LogP contribution in [0.1, 0.15) is 0 Å². The van der Waals surface area contributed by atoms with Gasteiger partial charge in [0.15, 0.2) is 0 Å². The van der Waals surface area contributed by atoms with E-state index < -0.39 is 0 Å². The average Bonchev–Trinajstić information content (AvgIpc) is 2.16. The van der Waals surface area contributed by atoms with Crippen LogP contribution in [0.25, 0.3) is 0 Å². The van der Waals surface area contributed by atoms with Crippen molar-refractivity contribution in [1.29, 1.82) is 0 Å². The van der Waals surface area contributed by atoms with Crippen LogP contribution < -0.4 is 0 Å². The van der Waals surface area contributed by atoms with Gasteiger partial charge in [-0.25, -0.2) is 0 Å². The topological polar surface area (TPSA) is 27.7 Å². The van der Waals surface area contributed by atoms with Crippen LogP contribution in [-0.2, 0) is 14.0 Å². The summed E-state index contributed by atoms with van der Waals surface area (Å²) in [6, 6.07) is 0. The fraction of sp³-hybridized carbons (Fsp3) is 1.00. The van der Waals surface area contributed by atoms with Crippen LogP contribution in [0.5, 0.6) is 0 Å². The van der Waals surface area contributed by atoms with Crippen LogP contribution in [0.3, 0.4) is 0 Å². The molecule has 70 valence electrons. The van der Waals surface area contributed by atoms with Gasteiger partial charge < -0.3 is 14.0 Å². The molecule has 0 radical (unpaired) electrons. The summed E-state index contributed by atoms with van der Waals surface area (Å²) in [6.07, 6.45) is 1.91. The maximum atomic E-state index is 5.28. The average molecular weight is 179 g/mol. The molecular formula is C5H17B5O3. The molecule has 0 N–H and O–H groups in total. The standard InChI is InChI=1S/C5H17B5O3/c1-11-10(2-4-12-8-6)3-5-13-9-7/h8-9H,2-7H2,1H3. The molecule has 0 aliphatic heterocycles. The van der Waals surface area contributed by atoms with Crippen LogP contribution >= 0.6 is 0 Å². The third kappa shape index (κ3) is 8.53. The van der Waals surface area contributed by atoms with E-state index in [4.69, 9.17) is 14.0 Å². The van der Waals surface area contributed by atoms with Gasteiger partial charge in [0.25, 0.3) is 6.92 Å². The zero-order chi connectivity index (χ0) is 9.94. The van der Waals surface area contributed by atoms with E-state index in [1.807, 2.05) is 15.5 Å². The molecule has 0 aromatic rings. The second kappa shape index (κ2) is 10.3. The molecule has 0 unspecified atom stereocenters. The Kier molecular flexibility index (Phi) is 10.4. The molecule has 0 spiro atoms. The molecular weight excluding hydrogens is 162 g/mol. The fourth-order valence-electron chi connectivity index (χ4n) is 1.10. The lowest BCUT2D eigenvalue weighted by atomic mass is 9.61. The summed E-state index contributed by atoms with van der Waals surface area (Å²) in [4.78, 5) is 0. The SMILES string of the molecule is BBOCCB(CCOBB)OC. The van der Waals surface area contributed by atoms with Gasteiger partial charge in [-0.3, -0.25) is 0 Å². The van der Waals surface area contributed by atoms with Gasteiger partial charge in [0.1, 0.15) is 15.5 Å². The highest BCUT2D eigenvalue weighted by atomic mass is 16.4. The quantitative estimate of drug-likeness (QED) is 0.288. The molecule has 0 saturated heterocycles. The molecule has 3 nitrogen and oxygen atoms in total. The molecule has 0 aliphatic rings. The molecule has 0 bridgehead atoms. The van der Waals surface area contributed by atoms with Crippen molar-refractivity contribution < 1.29 is 14.0 Å². The zero-order valence-electron chi connectivity index (χ0n) is 9.04. The molecule has 13 heavy (non-hydrogen) atoms. The third-order valence-corrected chi connectivity index (χ3v) is 1.91. The first kappa shape index (κ1) is 13.2. The first-order valence-electron chi connectivity index (χ1n) is 5.03. The molecule has 0 aromatic carbocycles. The zero-order valence-corrected chi connectivity index (χ0v) is 9.04. The lowest BCUT2D eigenvalue weighted by Crippen LogP contribution is -2.21. The monoisotopic (exact) mass is 180 g/mol. The highest BCUT2D eigenvalue weighted by Crippen LogP contribution is 2.00. The summed E-state index contributed by atoms with van der Waals surface area (Å²) in [5.74, 6) is 0. The van der Waals surface area contributed by atoms with E-state index in [0.717, 1.165) is 40.6 Å². The minimum absolute atomic E-state index is 0.276. The third-order valence-electron chi connectivity index (χ3n) is 1.91. The number of rotatable bonds is 9. The lowest BCUT2D eigenvalue weighted by molar-refractivity contribution is 0.333. The molecule has 0 atom stereocenters. The molecule has 8 heteroatoms. The second-order valence-corrected chi connectivity index (χ2v) is 2.83. The first-order chi connectivity index (χ1) is 6.35. The summed E-state index contributed by atoms with van der Waals surface area (Å²) in [5, 5.41) is 0. The fourth-order valence-corrected chi connectivity index (χ4v) is 1.10. The van der Waals surface area contributed by atoms with Crippen molar-refractivity contribution >= 4 is 37.1 Å². The molecule has 0 fully saturated rings.